The average molecular weight is 317 g/mol. The van der Waals surface area contributed by atoms with Crippen molar-refractivity contribution in [2.24, 2.45) is 0 Å². The maximum Gasteiger partial charge on any atom is 0.138 e. The van der Waals surface area contributed by atoms with Crippen molar-refractivity contribution in [1.29, 1.82) is 0 Å². The Bertz CT molecular complexity index is 749. The Labute approximate surface area is 119 Å². The van der Waals surface area contributed by atoms with Gasteiger partial charge in [0.1, 0.15) is 11.6 Å². The van der Waals surface area contributed by atoms with Crippen LogP contribution < -0.4 is 4.74 Å². The van der Waals surface area contributed by atoms with Gasteiger partial charge in [0, 0.05) is 10.0 Å². The summed E-state index contributed by atoms with van der Waals surface area (Å²) in [6.45, 7) is 2.06. The predicted octanol–water partition coefficient (Wildman–Crippen LogP) is 4.31. The molecule has 96 valence electrons. The number of imidazole rings is 1. The Morgan fingerprint density at radius 3 is 2.84 bits per heavy atom. The van der Waals surface area contributed by atoms with Gasteiger partial charge in [-0.1, -0.05) is 28.1 Å². The number of hydrogen-bond acceptors (Lipinski definition) is 2. The number of aryl methyl sites for hydroxylation is 1. The Morgan fingerprint density at radius 1 is 1.21 bits per heavy atom. The normalized spacial score (nSPS) is 10.9. The van der Waals surface area contributed by atoms with Gasteiger partial charge in [-0.2, -0.15) is 0 Å². The van der Waals surface area contributed by atoms with Gasteiger partial charge in [-0.05, 0) is 36.8 Å². The van der Waals surface area contributed by atoms with Crippen LogP contribution in [0.3, 0.4) is 0 Å². The van der Waals surface area contributed by atoms with E-state index in [1.165, 1.54) is 0 Å². The Morgan fingerprint density at radius 2 is 2.05 bits per heavy atom. The first-order chi connectivity index (χ1) is 9.17. The van der Waals surface area contributed by atoms with Gasteiger partial charge in [0.05, 0.1) is 18.1 Å². The van der Waals surface area contributed by atoms with Crippen LogP contribution in [-0.2, 0) is 0 Å². The van der Waals surface area contributed by atoms with E-state index in [1.807, 2.05) is 30.3 Å². The number of ether oxygens (including phenoxy) is 1. The zero-order chi connectivity index (χ0) is 13.4. The number of benzene rings is 2. The van der Waals surface area contributed by atoms with Crippen LogP contribution in [0.4, 0.5) is 0 Å². The SMILES string of the molecule is COc1cccc(-c2nc3c(C)cc(Br)cc3[nH]2)c1. The quantitative estimate of drug-likeness (QED) is 0.765. The summed E-state index contributed by atoms with van der Waals surface area (Å²) in [6.07, 6.45) is 0. The molecule has 3 rings (SSSR count). The number of aromatic nitrogens is 2. The van der Waals surface area contributed by atoms with E-state index in [0.717, 1.165) is 38.2 Å². The largest absolute Gasteiger partial charge is 0.497 e. The van der Waals surface area contributed by atoms with Crippen LogP contribution in [-0.4, -0.2) is 17.1 Å². The molecule has 0 saturated carbocycles. The lowest BCUT2D eigenvalue weighted by atomic mass is 10.2. The fourth-order valence-corrected chi connectivity index (χ4v) is 2.73. The number of hydrogen-bond donors (Lipinski definition) is 1. The molecule has 3 aromatic rings. The second-order valence-electron chi connectivity index (χ2n) is 4.44. The minimum Gasteiger partial charge on any atom is -0.497 e. The molecule has 0 spiro atoms. The summed E-state index contributed by atoms with van der Waals surface area (Å²) < 4.78 is 6.30. The van der Waals surface area contributed by atoms with Crippen LogP contribution in [0.25, 0.3) is 22.4 Å². The summed E-state index contributed by atoms with van der Waals surface area (Å²) in [5, 5.41) is 0. The average Bonchev–Trinajstić information content (AvgIpc) is 2.83. The molecule has 0 aliphatic carbocycles. The first kappa shape index (κ1) is 12.2. The fraction of sp³-hybridized carbons (Fsp3) is 0.133. The Hall–Kier alpha value is -1.81. The van der Waals surface area contributed by atoms with E-state index in [9.17, 15) is 0 Å². The molecule has 4 heteroatoms. The second kappa shape index (κ2) is 4.70. The Kier molecular flexibility index (Phi) is 3.03. The third-order valence-corrected chi connectivity index (χ3v) is 3.54. The number of nitrogens with one attached hydrogen (secondary N) is 1. The van der Waals surface area contributed by atoms with E-state index < -0.39 is 0 Å². The van der Waals surface area contributed by atoms with Crippen LogP contribution in [0, 0.1) is 6.92 Å². The van der Waals surface area contributed by atoms with Crippen molar-refractivity contribution in [3.05, 3.63) is 46.4 Å². The van der Waals surface area contributed by atoms with Gasteiger partial charge in [-0.15, -0.1) is 0 Å². The molecule has 19 heavy (non-hydrogen) atoms. The van der Waals surface area contributed by atoms with E-state index in [-0.39, 0.29) is 0 Å². The molecular weight excluding hydrogens is 304 g/mol. The van der Waals surface area contributed by atoms with Gasteiger partial charge < -0.3 is 9.72 Å². The van der Waals surface area contributed by atoms with Gasteiger partial charge in [-0.25, -0.2) is 4.98 Å². The van der Waals surface area contributed by atoms with Crippen LogP contribution in [0.1, 0.15) is 5.56 Å². The van der Waals surface area contributed by atoms with Gasteiger partial charge in [0.25, 0.3) is 0 Å². The standard InChI is InChI=1S/C15H13BrN2O/c1-9-6-11(16)8-13-14(9)18-15(17-13)10-4-3-5-12(7-10)19-2/h3-8H,1-2H3,(H,17,18). The van der Waals surface area contributed by atoms with E-state index in [4.69, 9.17) is 4.74 Å². The Balaban J connectivity index is 2.17. The van der Waals surface area contributed by atoms with Crippen LogP contribution in [0.5, 0.6) is 5.75 Å². The van der Waals surface area contributed by atoms with Gasteiger partial charge in [0.15, 0.2) is 0 Å². The molecule has 0 atom stereocenters. The van der Waals surface area contributed by atoms with Gasteiger partial charge >= 0.3 is 0 Å². The molecule has 0 bridgehead atoms. The highest BCUT2D eigenvalue weighted by atomic mass is 79.9. The maximum atomic E-state index is 5.24. The van der Waals surface area contributed by atoms with E-state index in [1.54, 1.807) is 7.11 Å². The molecule has 2 aromatic carbocycles. The van der Waals surface area contributed by atoms with Crippen molar-refractivity contribution in [3.63, 3.8) is 0 Å². The zero-order valence-electron chi connectivity index (χ0n) is 10.7. The lowest BCUT2D eigenvalue weighted by molar-refractivity contribution is 0.415. The highest BCUT2D eigenvalue weighted by Crippen LogP contribution is 2.27. The molecule has 0 unspecified atom stereocenters. The highest BCUT2D eigenvalue weighted by Gasteiger charge is 2.08. The predicted molar refractivity (Wildman–Crippen MR) is 80.5 cm³/mol. The van der Waals surface area contributed by atoms with E-state index in [2.05, 4.69) is 38.9 Å². The molecule has 1 heterocycles. The number of methoxy groups -OCH3 is 1. The molecular formula is C15H13BrN2O. The smallest absolute Gasteiger partial charge is 0.138 e. The van der Waals surface area contributed by atoms with Crippen molar-refractivity contribution in [2.75, 3.05) is 7.11 Å². The number of H-pyrrole nitrogens is 1. The van der Waals surface area contributed by atoms with E-state index >= 15 is 0 Å². The molecule has 0 aliphatic heterocycles. The topological polar surface area (TPSA) is 37.9 Å². The summed E-state index contributed by atoms with van der Waals surface area (Å²) in [6, 6.07) is 12.0. The summed E-state index contributed by atoms with van der Waals surface area (Å²) in [5.41, 5.74) is 4.20. The lowest BCUT2D eigenvalue weighted by Gasteiger charge is -2.01. The van der Waals surface area contributed by atoms with Crippen molar-refractivity contribution in [2.45, 2.75) is 6.92 Å². The monoisotopic (exact) mass is 316 g/mol. The molecule has 0 radical (unpaired) electrons. The maximum absolute atomic E-state index is 5.24. The number of fused-ring (bicyclic) bond motifs is 1. The molecule has 0 fully saturated rings. The van der Waals surface area contributed by atoms with Crippen molar-refractivity contribution < 1.29 is 4.74 Å². The second-order valence-corrected chi connectivity index (χ2v) is 5.35. The number of nitrogens with zero attached hydrogens (tertiary/aromatic N) is 1. The fourth-order valence-electron chi connectivity index (χ4n) is 2.15. The van der Waals surface area contributed by atoms with Crippen LogP contribution >= 0.6 is 15.9 Å². The van der Waals surface area contributed by atoms with Crippen molar-refractivity contribution in [1.82, 2.24) is 9.97 Å². The molecule has 1 aromatic heterocycles. The summed E-state index contributed by atoms with van der Waals surface area (Å²) in [4.78, 5) is 8.02. The minimum atomic E-state index is 0.829. The van der Waals surface area contributed by atoms with Crippen LogP contribution in [0.15, 0.2) is 40.9 Å². The minimum absolute atomic E-state index is 0.829. The number of rotatable bonds is 2. The molecule has 0 amide bonds. The molecule has 3 nitrogen and oxygen atoms in total. The zero-order valence-corrected chi connectivity index (χ0v) is 12.3. The van der Waals surface area contributed by atoms with Crippen molar-refractivity contribution >= 4 is 27.0 Å². The van der Waals surface area contributed by atoms with Gasteiger partial charge in [-0.3, -0.25) is 0 Å². The van der Waals surface area contributed by atoms with E-state index in [0.29, 0.717) is 0 Å². The third kappa shape index (κ3) is 2.24. The first-order valence-corrected chi connectivity index (χ1v) is 6.77. The number of aromatic amines is 1. The van der Waals surface area contributed by atoms with Crippen LogP contribution in [0.2, 0.25) is 0 Å². The highest BCUT2D eigenvalue weighted by molar-refractivity contribution is 9.10. The molecule has 1 N–H and O–H groups in total. The number of halogens is 1. The molecule has 0 aliphatic rings. The molecule has 0 saturated heterocycles. The lowest BCUT2D eigenvalue weighted by Crippen LogP contribution is -1.84. The summed E-state index contributed by atoms with van der Waals surface area (Å²) in [5.74, 6) is 1.69. The third-order valence-electron chi connectivity index (χ3n) is 3.09. The first-order valence-electron chi connectivity index (χ1n) is 5.97. The summed E-state index contributed by atoms with van der Waals surface area (Å²) in [7, 11) is 1.67. The van der Waals surface area contributed by atoms with Crippen molar-refractivity contribution in [3.8, 4) is 17.1 Å². The summed E-state index contributed by atoms with van der Waals surface area (Å²) >= 11 is 3.50. The van der Waals surface area contributed by atoms with Gasteiger partial charge in [0.2, 0.25) is 0 Å².